The number of rotatable bonds is 4. The average Bonchev–Trinajstić information content (AvgIpc) is 3.01. The molecule has 0 aliphatic carbocycles. The van der Waals surface area contributed by atoms with Crippen LogP contribution in [0.3, 0.4) is 0 Å². The molecule has 1 amide bonds. The fourth-order valence-corrected chi connectivity index (χ4v) is 3.00. The van der Waals surface area contributed by atoms with Crippen LogP contribution in [0.2, 0.25) is 0 Å². The standard InChI is InChI=1S/C17H17F5N4O.2ClH/c18-12-2-1-10(6-13(12)19)5-11(23)7-16(27)26-4-3-25-8-14(17(20,21)22)24-15(25)9-26;;/h1-2,6,8,11H,3-5,7,9,23H2;2*1H/t11-;;/m1../s1. The Balaban J connectivity index is 0.00000210. The minimum atomic E-state index is -4.54. The third-order valence-electron chi connectivity index (χ3n) is 4.36. The van der Waals surface area contributed by atoms with Crippen molar-refractivity contribution >= 4 is 30.7 Å². The Bertz CT molecular complexity index is 859. The summed E-state index contributed by atoms with van der Waals surface area (Å²) in [5.41, 5.74) is 5.40. The molecule has 0 spiro atoms. The summed E-state index contributed by atoms with van der Waals surface area (Å²) in [5, 5.41) is 0. The van der Waals surface area contributed by atoms with Gasteiger partial charge in [0, 0.05) is 31.7 Å². The molecule has 1 aliphatic heterocycles. The molecule has 29 heavy (non-hydrogen) atoms. The second kappa shape index (κ2) is 9.73. The number of halogens is 7. The number of amides is 1. The first-order chi connectivity index (χ1) is 12.6. The van der Waals surface area contributed by atoms with E-state index in [4.69, 9.17) is 5.73 Å². The summed E-state index contributed by atoms with van der Waals surface area (Å²) in [4.78, 5) is 17.3. The van der Waals surface area contributed by atoms with Crippen LogP contribution in [0.5, 0.6) is 0 Å². The van der Waals surface area contributed by atoms with Gasteiger partial charge >= 0.3 is 6.18 Å². The van der Waals surface area contributed by atoms with E-state index in [-0.39, 0.29) is 69.0 Å². The van der Waals surface area contributed by atoms with Gasteiger partial charge in [-0.15, -0.1) is 24.8 Å². The fourth-order valence-electron chi connectivity index (χ4n) is 3.00. The van der Waals surface area contributed by atoms with Crippen LogP contribution in [-0.2, 0) is 30.5 Å². The number of hydrogen-bond acceptors (Lipinski definition) is 3. The minimum Gasteiger partial charge on any atom is -0.333 e. The van der Waals surface area contributed by atoms with Gasteiger partial charge in [-0.3, -0.25) is 4.79 Å². The summed E-state index contributed by atoms with van der Waals surface area (Å²) in [5.74, 6) is -2.12. The highest BCUT2D eigenvalue weighted by Crippen LogP contribution is 2.29. The second-order valence-corrected chi connectivity index (χ2v) is 6.47. The number of carbonyl (C=O) groups is 1. The number of alkyl halides is 3. The van der Waals surface area contributed by atoms with Gasteiger partial charge in [-0.1, -0.05) is 6.07 Å². The third kappa shape index (κ3) is 6.03. The molecule has 162 valence electrons. The summed E-state index contributed by atoms with van der Waals surface area (Å²) in [6, 6.07) is 2.77. The lowest BCUT2D eigenvalue weighted by molar-refractivity contribution is -0.141. The first-order valence-corrected chi connectivity index (χ1v) is 8.24. The summed E-state index contributed by atoms with van der Waals surface area (Å²) in [6.45, 7) is 0.423. The van der Waals surface area contributed by atoms with Crippen LogP contribution in [-0.4, -0.2) is 32.9 Å². The van der Waals surface area contributed by atoms with E-state index >= 15 is 0 Å². The lowest BCUT2D eigenvalue weighted by atomic mass is 10.0. The Morgan fingerprint density at radius 3 is 2.48 bits per heavy atom. The molecule has 1 aromatic carbocycles. The number of imidazole rings is 1. The molecule has 0 radical (unpaired) electrons. The van der Waals surface area contributed by atoms with E-state index in [0.717, 1.165) is 18.3 Å². The fraction of sp³-hybridized carbons (Fsp3) is 0.412. The van der Waals surface area contributed by atoms with Crippen LogP contribution in [0.15, 0.2) is 24.4 Å². The average molecular weight is 461 g/mol. The van der Waals surface area contributed by atoms with Crippen molar-refractivity contribution in [2.24, 2.45) is 5.73 Å². The van der Waals surface area contributed by atoms with Crippen molar-refractivity contribution in [3.63, 3.8) is 0 Å². The topological polar surface area (TPSA) is 64.2 Å². The van der Waals surface area contributed by atoms with E-state index in [1.807, 2.05) is 0 Å². The number of hydrogen-bond donors (Lipinski definition) is 1. The van der Waals surface area contributed by atoms with Crippen molar-refractivity contribution in [3.05, 3.63) is 53.1 Å². The van der Waals surface area contributed by atoms with Gasteiger partial charge in [-0.25, -0.2) is 13.8 Å². The highest BCUT2D eigenvalue weighted by atomic mass is 35.5. The van der Waals surface area contributed by atoms with E-state index in [1.165, 1.54) is 15.5 Å². The van der Waals surface area contributed by atoms with E-state index in [2.05, 4.69) is 4.98 Å². The quantitative estimate of drug-likeness (QED) is 0.711. The molecular weight excluding hydrogens is 442 g/mol. The summed E-state index contributed by atoms with van der Waals surface area (Å²) in [6.07, 6.45) is -3.49. The largest absolute Gasteiger partial charge is 0.434 e. The van der Waals surface area contributed by atoms with Crippen LogP contribution in [0.4, 0.5) is 22.0 Å². The number of carbonyl (C=O) groups excluding carboxylic acids is 1. The molecule has 0 saturated heterocycles. The highest BCUT2D eigenvalue weighted by Gasteiger charge is 2.36. The monoisotopic (exact) mass is 460 g/mol. The van der Waals surface area contributed by atoms with Gasteiger partial charge in [0.05, 0.1) is 6.54 Å². The third-order valence-corrected chi connectivity index (χ3v) is 4.36. The van der Waals surface area contributed by atoms with Crippen LogP contribution in [0.25, 0.3) is 0 Å². The molecule has 1 aromatic heterocycles. The molecule has 2 N–H and O–H groups in total. The zero-order chi connectivity index (χ0) is 19.8. The predicted molar refractivity (Wildman–Crippen MR) is 99.8 cm³/mol. The molecule has 0 fully saturated rings. The number of aromatic nitrogens is 2. The van der Waals surface area contributed by atoms with Gasteiger partial charge in [0.2, 0.25) is 5.91 Å². The normalized spacial score (nSPS) is 14.5. The van der Waals surface area contributed by atoms with Crippen molar-refractivity contribution < 1.29 is 26.7 Å². The van der Waals surface area contributed by atoms with Crippen LogP contribution >= 0.6 is 24.8 Å². The van der Waals surface area contributed by atoms with Gasteiger partial charge in [0.1, 0.15) is 5.82 Å². The zero-order valence-corrected chi connectivity index (χ0v) is 16.6. The number of nitrogens with two attached hydrogens (primary N) is 1. The van der Waals surface area contributed by atoms with Crippen LogP contribution in [0, 0.1) is 11.6 Å². The summed E-state index contributed by atoms with van der Waals surface area (Å²) >= 11 is 0. The molecule has 1 aliphatic rings. The summed E-state index contributed by atoms with van der Waals surface area (Å²) < 4.78 is 65.8. The Morgan fingerprint density at radius 2 is 1.86 bits per heavy atom. The molecule has 0 bridgehead atoms. The molecule has 12 heteroatoms. The van der Waals surface area contributed by atoms with Gasteiger partial charge in [-0.05, 0) is 24.1 Å². The van der Waals surface area contributed by atoms with E-state index in [0.29, 0.717) is 5.56 Å². The molecule has 3 rings (SSSR count). The Morgan fingerprint density at radius 1 is 1.17 bits per heavy atom. The van der Waals surface area contributed by atoms with E-state index in [1.54, 1.807) is 0 Å². The van der Waals surface area contributed by atoms with Crippen LogP contribution in [0.1, 0.15) is 23.5 Å². The van der Waals surface area contributed by atoms with Crippen molar-refractivity contribution in [3.8, 4) is 0 Å². The molecule has 2 heterocycles. The molecular formula is C17H19Cl2F5N4O. The lowest BCUT2D eigenvalue weighted by Crippen LogP contribution is -2.41. The van der Waals surface area contributed by atoms with E-state index in [9.17, 15) is 26.7 Å². The van der Waals surface area contributed by atoms with Crippen molar-refractivity contribution in [1.29, 1.82) is 0 Å². The number of benzene rings is 1. The number of nitrogens with zero attached hydrogens (tertiary/aromatic N) is 3. The highest BCUT2D eigenvalue weighted by molar-refractivity contribution is 5.85. The van der Waals surface area contributed by atoms with Gasteiger partial charge in [0.15, 0.2) is 17.3 Å². The maximum atomic E-state index is 13.2. The first kappa shape index (κ1) is 25.1. The Labute approximate surface area is 175 Å². The van der Waals surface area contributed by atoms with Gasteiger partial charge < -0.3 is 15.2 Å². The molecule has 1 atom stereocenters. The number of fused-ring (bicyclic) bond motifs is 1. The zero-order valence-electron chi connectivity index (χ0n) is 15.0. The molecule has 0 saturated carbocycles. The van der Waals surface area contributed by atoms with Crippen molar-refractivity contribution in [1.82, 2.24) is 14.5 Å². The van der Waals surface area contributed by atoms with Gasteiger partial charge in [-0.2, -0.15) is 13.2 Å². The first-order valence-electron chi connectivity index (χ1n) is 8.24. The molecule has 0 unspecified atom stereocenters. The van der Waals surface area contributed by atoms with E-state index < -0.39 is 29.5 Å². The smallest absolute Gasteiger partial charge is 0.333 e. The maximum Gasteiger partial charge on any atom is 0.434 e. The second-order valence-electron chi connectivity index (χ2n) is 6.47. The van der Waals surface area contributed by atoms with Gasteiger partial charge in [0.25, 0.3) is 0 Å². The minimum absolute atomic E-state index is 0. The SMILES string of the molecule is Cl.Cl.N[C@@H](CC(=O)N1CCn2cc(C(F)(F)F)nc2C1)Cc1ccc(F)c(F)c1. The van der Waals surface area contributed by atoms with Crippen molar-refractivity contribution in [2.45, 2.75) is 38.1 Å². The molecule has 2 aromatic rings. The Kier molecular flexibility index (Phi) is 8.43. The Hall–Kier alpha value is -1.91. The molecule has 5 nitrogen and oxygen atoms in total. The van der Waals surface area contributed by atoms with Crippen LogP contribution < -0.4 is 5.73 Å². The summed E-state index contributed by atoms with van der Waals surface area (Å²) in [7, 11) is 0. The predicted octanol–water partition coefficient (Wildman–Crippen LogP) is 3.33. The lowest BCUT2D eigenvalue weighted by Gasteiger charge is -2.28. The van der Waals surface area contributed by atoms with Crippen molar-refractivity contribution in [2.75, 3.05) is 6.54 Å². The maximum absolute atomic E-state index is 13.2.